The van der Waals surface area contributed by atoms with Crippen LogP contribution in [0.4, 0.5) is 4.39 Å². The summed E-state index contributed by atoms with van der Waals surface area (Å²) in [6.07, 6.45) is 7.16. The summed E-state index contributed by atoms with van der Waals surface area (Å²) in [4.78, 5) is 20.9. The number of hydrogen-bond donors (Lipinski definition) is 4. The Balaban J connectivity index is 1.43. The Labute approximate surface area is 214 Å². The molecule has 0 radical (unpaired) electrons. The number of sulfonamides is 1. The molecular formula is C25H19FN8O3S. The Bertz CT molecular complexity index is 1950. The fraction of sp³-hybridized carbons (Fsp3) is 0.0800. The number of aromatic nitrogens is 7. The fourth-order valence-electron chi connectivity index (χ4n) is 4.17. The lowest BCUT2D eigenvalue weighted by molar-refractivity contribution is 0.473. The summed E-state index contributed by atoms with van der Waals surface area (Å²) in [5.41, 5.74) is 5.58. The topological polar surface area (TPSA) is 162 Å². The summed E-state index contributed by atoms with van der Waals surface area (Å²) in [5, 5.41) is 17.1. The minimum atomic E-state index is -3.44. The van der Waals surface area contributed by atoms with Gasteiger partial charge in [0.05, 0.1) is 40.9 Å². The minimum absolute atomic E-state index is 0.0294. The number of fused-ring (bicyclic) bond motifs is 2. The molecule has 11 nitrogen and oxygen atoms in total. The summed E-state index contributed by atoms with van der Waals surface area (Å²) in [5.74, 6) is -0.0617. The molecule has 0 aliphatic rings. The second-order valence-electron chi connectivity index (χ2n) is 8.71. The van der Waals surface area contributed by atoms with Crippen molar-refractivity contribution in [1.29, 1.82) is 0 Å². The maximum atomic E-state index is 14.5. The van der Waals surface area contributed by atoms with E-state index < -0.39 is 15.8 Å². The standard InChI is InChI=1S/C25H19FN8O3S/c1-38(36,37)29-8-13-4-14(6-16(26)5-13)18-11-28-12-21-22(18)32-25(31-21)24-23-20(33-34-24)3-2-19(30-23)15-7-17(35)10-27-9-15/h2-7,9-12,29,35H,8H2,1H3,(H,31,32)(H,33,34). The van der Waals surface area contributed by atoms with Crippen molar-refractivity contribution < 1.29 is 17.9 Å². The fourth-order valence-corrected chi connectivity index (χ4v) is 4.60. The monoisotopic (exact) mass is 530 g/mol. The second kappa shape index (κ2) is 8.97. The molecule has 38 heavy (non-hydrogen) atoms. The maximum Gasteiger partial charge on any atom is 0.209 e. The zero-order valence-corrected chi connectivity index (χ0v) is 20.6. The van der Waals surface area contributed by atoms with Gasteiger partial charge in [0.1, 0.15) is 17.1 Å². The van der Waals surface area contributed by atoms with Crippen molar-refractivity contribution >= 4 is 32.1 Å². The smallest absolute Gasteiger partial charge is 0.209 e. The van der Waals surface area contributed by atoms with Crippen LogP contribution in [0, 0.1) is 5.82 Å². The molecule has 0 amide bonds. The van der Waals surface area contributed by atoms with E-state index in [0.717, 1.165) is 6.26 Å². The highest BCUT2D eigenvalue weighted by Gasteiger charge is 2.18. The van der Waals surface area contributed by atoms with Crippen molar-refractivity contribution in [1.82, 2.24) is 39.8 Å². The van der Waals surface area contributed by atoms with E-state index in [-0.39, 0.29) is 12.3 Å². The maximum absolute atomic E-state index is 14.5. The Morgan fingerprint density at radius 1 is 0.947 bits per heavy atom. The molecule has 190 valence electrons. The Morgan fingerprint density at radius 3 is 2.61 bits per heavy atom. The van der Waals surface area contributed by atoms with Gasteiger partial charge in [0.25, 0.3) is 0 Å². The predicted octanol–water partition coefficient (Wildman–Crippen LogP) is 3.52. The summed E-state index contributed by atoms with van der Waals surface area (Å²) < 4.78 is 39.8. The van der Waals surface area contributed by atoms with E-state index in [0.29, 0.717) is 61.5 Å². The third kappa shape index (κ3) is 4.55. The van der Waals surface area contributed by atoms with Crippen molar-refractivity contribution in [2.45, 2.75) is 6.54 Å². The molecule has 0 saturated carbocycles. The number of aromatic amines is 2. The first-order valence-corrected chi connectivity index (χ1v) is 13.2. The lowest BCUT2D eigenvalue weighted by Crippen LogP contribution is -2.21. The lowest BCUT2D eigenvalue weighted by Gasteiger charge is -2.07. The second-order valence-corrected chi connectivity index (χ2v) is 10.5. The first-order chi connectivity index (χ1) is 18.2. The van der Waals surface area contributed by atoms with Gasteiger partial charge < -0.3 is 10.1 Å². The molecule has 5 heterocycles. The number of pyridine rings is 3. The summed E-state index contributed by atoms with van der Waals surface area (Å²) >= 11 is 0. The molecule has 0 aliphatic carbocycles. The number of rotatable bonds is 6. The molecule has 6 rings (SSSR count). The van der Waals surface area contributed by atoms with Gasteiger partial charge in [0, 0.05) is 30.1 Å². The third-order valence-corrected chi connectivity index (χ3v) is 6.52. The van der Waals surface area contributed by atoms with Gasteiger partial charge in [-0.3, -0.25) is 15.1 Å². The van der Waals surface area contributed by atoms with Gasteiger partial charge in [-0.2, -0.15) is 5.10 Å². The SMILES string of the molecule is CS(=O)(=O)NCc1cc(F)cc(-c2cncc3[nH]c(-c4n[nH]c5ccc(-c6cncc(O)c6)nc45)nc23)c1. The lowest BCUT2D eigenvalue weighted by atomic mass is 10.0. The van der Waals surface area contributed by atoms with Crippen LogP contribution in [0.1, 0.15) is 5.56 Å². The summed E-state index contributed by atoms with van der Waals surface area (Å²) in [7, 11) is -3.44. The van der Waals surface area contributed by atoms with E-state index in [1.165, 1.54) is 18.3 Å². The molecule has 6 aromatic rings. The quantitative estimate of drug-likeness (QED) is 0.254. The molecule has 0 unspecified atom stereocenters. The van der Waals surface area contributed by atoms with Crippen molar-refractivity contribution in [2.75, 3.05) is 6.26 Å². The van der Waals surface area contributed by atoms with Crippen LogP contribution in [0.5, 0.6) is 5.75 Å². The van der Waals surface area contributed by atoms with Crippen molar-refractivity contribution in [3.63, 3.8) is 0 Å². The molecule has 0 aliphatic heterocycles. The van der Waals surface area contributed by atoms with Gasteiger partial charge >= 0.3 is 0 Å². The number of halogens is 1. The first-order valence-electron chi connectivity index (χ1n) is 11.3. The largest absolute Gasteiger partial charge is 0.506 e. The van der Waals surface area contributed by atoms with E-state index in [1.807, 2.05) is 6.07 Å². The number of aromatic hydroxyl groups is 1. The number of benzene rings is 1. The van der Waals surface area contributed by atoms with Gasteiger partial charge in [-0.05, 0) is 47.5 Å². The Kier molecular flexibility index (Phi) is 5.58. The van der Waals surface area contributed by atoms with E-state index in [4.69, 9.17) is 9.97 Å². The van der Waals surface area contributed by atoms with Gasteiger partial charge in [-0.25, -0.2) is 27.5 Å². The highest BCUT2D eigenvalue weighted by atomic mass is 32.2. The number of nitrogens with zero attached hydrogens (tertiary/aromatic N) is 5. The van der Waals surface area contributed by atoms with E-state index in [1.54, 1.807) is 36.8 Å². The predicted molar refractivity (Wildman–Crippen MR) is 139 cm³/mol. The number of nitrogens with one attached hydrogen (secondary N) is 3. The average Bonchev–Trinajstić information content (AvgIpc) is 3.50. The molecule has 0 atom stereocenters. The average molecular weight is 531 g/mol. The normalized spacial score (nSPS) is 11.9. The van der Waals surface area contributed by atoms with Gasteiger partial charge in [-0.15, -0.1) is 0 Å². The third-order valence-electron chi connectivity index (χ3n) is 5.85. The van der Waals surface area contributed by atoms with Crippen molar-refractivity contribution in [2.24, 2.45) is 0 Å². The van der Waals surface area contributed by atoms with Crippen LogP contribution in [0.15, 0.2) is 61.2 Å². The molecule has 5 aromatic heterocycles. The van der Waals surface area contributed by atoms with Crippen LogP contribution in [0.25, 0.3) is 56.0 Å². The zero-order chi connectivity index (χ0) is 26.4. The molecular weight excluding hydrogens is 511 g/mol. The van der Waals surface area contributed by atoms with Crippen molar-refractivity contribution in [3.8, 4) is 39.7 Å². The first kappa shape index (κ1) is 23.6. The van der Waals surface area contributed by atoms with E-state index in [2.05, 4.69) is 29.9 Å². The van der Waals surface area contributed by atoms with Crippen LogP contribution < -0.4 is 4.72 Å². The van der Waals surface area contributed by atoms with Crippen LogP contribution in [0.3, 0.4) is 0 Å². The Morgan fingerprint density at radius 2 is 1.79 bits per heavy atom. The Hall–Kier alpha value is -4.75. The molecule has 0 spiro atoms. The highest BCUT2D eigenvalue weighted by molar-refractivity contribution is 7.88. The van der Waals surface area contributed by atoms with Crippen LogP contribution >= 0.6 is 0 Å². The molecule has 13 heteroatoms. The molecule has 1 aromatic carbocycles. The highest BCUT2D eigenvalue weighted by Crippen LogP contribution is 2.32. The van der Waals surface area contributed by atoms with E-state index >= 15 is 0 Å². The van der Waals surface area contributed by atoms with E-state index in [9.17, 15) is 17.9 Å². The van der Waals surface area contributed by atoms with Gasteiger partial charge in [-0.1, -0.05) is 0 Å². The van der Waals surface area contributed by atoms with Crippen LogP contribution in [-0.4, -0.2) is 54.9 Å². The summed E-state index contributed by atoms with van der Waals surface area (Å²) in [6.45, 7) is -0.0548. The molecule has 0 bridgehead atoms. The van der Waals surface area contributed by atoms with Gasteiger partial charge in [0.2, 0.25) is 10.0 Å². The van der Waals surface area contributed by atoms with Crippen LogP contribution in [-0.2, 0) is 16.6 Å². The minimum Gasteiger partial charge on any atom is -0.506 e. The molecule has 0 fully saturated rings. The van der Waals surface area contributed by atoms with Crippen molar-refractivity contribution in [3.05, 3.63) is 72.6 Å². The number of hydrogen-bond acceptors (Lipinski definition) is 8. The summed E-state index contributed by atoms with van der Waals surface area (Å²) in [6, 6.07) is 9.49. The van der Waals surface area contributed by atoms with Crippen LogP contribution in [0.2, 0.25) is 0 Å². The molecule has 0 saturated heterocycles. The number of imidazole rings is 1. The zero-order valence-electron chi connectivity index (χ0n) is 19.8. The molecule has 4 N–H and O–H groups in total. The number of H-pyrrole nitrogens is 2. The van der Waals surface area contributed by atoms with Gasteiger partial charge in [0.15, 0.2) is 11.5 Å².